The van der Waals surface area contributed by atoms with Gasteiger partial charge in [-0.15, -0.1) is 0 Å². The van der Waals surface area contributed by atoms with E-state index in [0.717, 1.165) is 70.6 Å². The number of aliphatic hydroxyl groups excluding tert-OH is 5. The third-order valence-corrected chi connectivity index (χ3v) is 10.4. The van der Waals surface area contributed by atoms with Gasteiger partial charge in [0.25, 0.3) is 0 Å². The third kappa shape index (κ3) is 26.1. The Morgan fingerprint density at radius 2 is 1.05 bits per heavy atom. The molecule has 0 aliphatic heterocycles. The van der Waals surface area contributed by atoms with Gasteiger partial charge in [0.2, 0.25) is 0 Å². The minimum absolute atomic E-state index is 0.100. The van der Waals surface area contributed by atoms with Crippen LogP contribution in [0, 0.1) is 0 Å². The van der Waals surface area contributed by atoms with E-state index in [1.54, 1.807) is 0 Å². The van der Waals surface area contributed by atoms with Crippen LogP contribution in [0.15, 0.2) is 60.8 Å². The lowest BCUT2D eigenvalue weighted by Crippen LogP contribution is -2.64. The van der Waals surface area contributed by atoms with Crippen LogP contribution < -0.4 is 0 Å². The van der Waals surface area contributed by atoms with E-state index in [2.05, 4.69) is 74.6 Å². The molecule has 1 aliphatic carbocycles. The fraction of sp³-hybridized carbons (Fsp3) is 0.744. The van der Waals surface area contributed by atoms with E-state index in [9.17, 15) is 39.8 Å². The van der Waals surface area contributed by atoms with Gasteiger partial charge in [-0.2, -0.15) is 0 Å². The second-order valence-electron chi connectivity index (χ2n) is 14.5. The van der Waals surface area contributed by atoms with Crippen molar-refractivity contribution >= 4 is 13.8 Å². The monoisotopic (exact) mass is 814 g/mol. The number of carbonyl (C=O) groups is 1. The molecule has 56 heavy (non-hydrogen) atoms. The predicted octanol–water partition coefficient (Wildman–Crippen LogP) is 7.86. The van der Waals surface area contributed by atoms with Crippen molar-refractivity contribution in [2.24, 2.45) is 0 Å². The highest BCUT2D eigenvalue weighted by Crippen LogP contribution is 2.47. The fourth-order valence-corrected chi connectivity index (χ4v) is 6.96. The van der Waals surface area contributed by atoms with Gasteiger partial charge in [0.15, 0.2) is 0 Å². The maximum Gasteiger partial charge on any atom is 0.472 e. The van der Waals surface area contributed by atoms with Crippen LogP contribution >= 0.6 is 7.82 Å². The molecule has 0 radical (unpaired) electrons. The smallest absolute Gasteiger partial charge is 0.457 e. The summed E-state index contributed by atoms with van der Waals surface area (Å²) in [6.07, 6.45) is 28.7. The summed E-state index contributed by atoms with van der Waals surface area (Å²) < 4.78 is 34.0. The number of hydrogen-bond donors (Lipinski definition) is 6. The number of carbonyl (C=O) groups excluding carboxylic acids is 1. The topological polar surface area (TPSA) is 192 Å². The van der Waals surface area contributed by atoms with E-state index < -0.39 is 63.1 Å². The summed E-state index contributed by atoms with van der Waals surface area (Å²) in [6, 6.07) is 0. The van der Waals surface area contributed by atoms with E-state index >= 15 is 0 Å². The number of esters is 1. The van der Waals surface area contributed by atoms with Crippen LogP contribution in [0.1, 0.15) is 142 Å². The van der Waals surface area contributed by atoms with E-state index in [4.69, 9.17) is 18.5 Å². The van der Waals surface area contributed by atoms with Crippen molar-refractivity contribution in [3.05, 3.63) is 60.8 Å². The number of phosphoric ester groups is 1. The molecule has 1 fully saturated rings. The largest absolute Gasteiger partial charge is 0.472 e. The Balaban J connectivity index is 2.49. The summed E-state index contributed by atoms with van der Waals surface area (Å²) in [6.45, 7) is 4.04. The van der Waals surface area contributed by atoms with E-state index in [0.29, 0.717) is 13.0 Å². The van der Waals surface area contributed by atoms with Crippen LogP contribution in [0.2, 0.25) is 0 Å². The molecule has 13 heteroatoms. The summed E-state index contributed by atoms with van der Waals surface area (Å²) in [4.78, 5) is 23.1. The summed E-state index contributed by atoms with van der Waals surface area (Å²) in [5.74, 6) is -0.522. The van der Waals surface area contributed by atoms with Crippen LogP contribution in [-0.4, -0.2) is 98.9 Å². The zero-order valence-corrected chi connectivity index (χ0v) is 35.1. The molecule has 0 saturated heterocycles. The van der Waals surface area contributed by atoms with E-state index in [1.165, 1.54) is 44.9 Å². The molecule has 1 rings (SSSR count). The van der Waals surface area contributed by atoms with Crippen molar-refractivity contribution in [2.45, 2.75) is 185 Å². The van der Waals surface area contributed by atoms with Gasteiger partial charge in [-0.3, -0.25) is 13.8 Å². The minimum atomic E-state index is -5.03. The molecular formula is C43H75O12P. The van der Waals surface area contributed by atoms with Crippen molar-refractivity contribution in [3.63, 3.8) is 0 Å². The highest BCUT2D eigenvalue weighted by atomic mass is 31.2. The molecule has 0 amide bonds. The Kier molecular flexibility index (Phi) is 31.6. The Labute approximate surface area is 337 Å². The normalized spacial score (nSPS) is 23.6. The number of unbranched alkanes of at least 4 members (excludes halogenated alkanes) is 12. The highest BCUT2D eigenvalue weighted by Gasteiger charge is 2.51. The molecule has 1 aliphatic rings. The van der Waals surface area contributed by atoms with Crippen LogP contribution in [0.5, 0.6) is 0 Å². The van der Waals surface area contributed by atoms with Crippen molar-refractivity contribution in [1.82, 2.24) is 0 Å². The van der Waals surface area contributed by atoms with E-state index in [-0.39, 0.29) is 13.0 Å². The Morgan fingerprint density at radius 3 is 1.62 bits per heavy atom. The van der Waals surface area contributed by atoms with Gasteiger partial charge in [0.05, 0.1) is 13.2 Å². The molecule has 6 atom stereocenters. The van der Waals surface area contributed by atoms with Crippen molar-refractivity contribution in [2.75, 3.05) is 19.8 Å². The standard InChI is InChI=1S/C43H75O12P/c1-3-5-7-9-11-13-15-17-19-20-22-24-26-28-30-32-37(44)54-36(34-52-33-31-29-27-25-23-21-18-16-14-12-10-8-6-4-2)35-53-56(50,51)55-43-41(48)39(46)38(45)40(47)42(43)49/h5,7,11,13-14,16-17,19,22,24,36,38-43,45-49H,3-4,6,8-10,12,15,18,20-21,23,25-35H2,1-2H3,(H,50,51)/b7-5-,13-11-,16-14-,19-17-,24-22-. The van der Waals surface area contributed by atoms with Crippen molar-refractivity contribution < 1.29 is 58.3 Å². The number of allylic oxidation sites excluding steroid dienone is 10. The number of rotatable bonds is 34. The van der Waals surface area contributed by atoms with Gasteiger partial charge >= 0.3 is 13.8 Å². The lowest BCUT2D eigenvalue weighted by atomic mass is 9.85. The first-order valence-corrected chi connectivity index (χ1v) is 22.6. The number of hydrogen-bond acceptors (Lipinski definition) is 11. The third-order valence-electron chi connectivity index (χ3n) is 9.37. The van der Waals surface area contributed by atoms with Crippen LogP contribution in [0.4, 0.5) is 0 Å². The molecule has 0 bridgehead atoms. The SMILES string of the molecule is CC/C=C\C/C=C\C/C=C\C/C=C\CCCCC(=O)OC(COCCCCCCCC/C=C\CCCCCC)COP(=O)(O)OC1C(O)C(O)C(O)C(O)C1O. The zero-order valence-electron chi connectivity index (χ0n) is 34.2. The molecule has 0 spiro atoms. The fourth-order valence-electron chi connectivity index (χ4n) is 5.99. The predicted molar refractivity (Wildman–Crippen MR) is 221 cm³/mol. The van der Waals surface area contributed by atoms with Crippen molar-refractivity contribution in [1.29, 1.82) is 0 Å². The molecule has 0 aromatic heterocycles. The van der Waals surface area contributed by atoms with Gasteiger partial charge in [-0.05, 0) is 77.0 Å². The number of ether oxygens (including phenoxy) is 2. The lowest BCUT2D eigenvalue weighted by molar-refractivity contribution is -0.220. The number of phosphoric acid groups is 1. The van der Waals surface area contributed by atoms with Gasteiger partial charge in [-0.1, -0.05) is 120 Å². The first-order chi connectivity index (χ1) is 27.0. The summed E-state index contributed by atoms with van der Waals surface area (Å²) in [5.41, 5.74) is 0. The Bertz CT molecular complexity index is 1160. The van der Waals surface area contributed by atoms with Gasteiger partial charge in [0, 0.05) is 13.0 Å². The molecule has 12 nitrogen and oxygen atoms in total. The quantitative estimate of drug-likeness (QED) is 0.0160. The molecule has 324 valence electrons. The second kappa shape index (κ2) is 34.0. The van der Waals surface area contributed by atoms with E-state index in [1.807, 2.05) is 0 Å². The van der Waals surface area contributed by atoms with Gasteiger partial charge in [-0.25, -0.2) is 4.57 Å². The average molecular weight is 815 g/mol. The zero-order chi connectivity index (χ0) is 41.3. The summed E-state index contributed by atoms with van der Waals surface area (Å²) >= 11 is 0. The maximum absolute atomic E-state index is 12.8. The molecule has 0 aromatic rings. The van der Waals surface area contributed by atoms with Crippen molar-refractivity contribution in [3.8, 4) is 0 Å². The van der Waals surface area contributed by atoms with Gasteiger partial charge < -0.3 is 39.9 Å². The first-order valence-electron chi connectivity index (χ1n) is 21.1. The second-order valence-corrected chi connectivity index (χ2v) is 15.9. The van der Waals surface area contributed by atoms with Gasteiger partial charge in [0.1, 0.15) is 42.7 Å². The summed E-state index contributed by atoms with van der Waals surface area (Å²) in [7, 11) is -5.03. The Morgan fingerprint density at radius 1 is 0.589 bits per heavy atom. The number of aliphatic hydroxyl groups is 5. The Hall–Kier alpha value is -1.96. The molecule has 1 saturated carbocycles. The molecule has 6 unspecified atom stereocenters. The molecule has 6 N–H and O–H groups in total. The average Bonchev–Trinajstić information content (AvgIpc) is 3.18. The molecule has 0 heterocycles. The van der Waals surface area contributed by atoms with Crippen LogP contribution in [0.3, 0.4) is 0 Å². The van der Waals surface area contributed by atoms with Crippen LogP contribution in [0.25, 0.3) is 0 Å². The molecular weight excluding hydrogens is 739 g/mol. The lowest BCUT2D eigenvalue weighted by Gasteiger charge is -2.41. The molecule has 0 aromatic carbocycles. The summed E-state index contributed by atoms with van der Waals surface area (Å²) in [5, 5.41) is 50.1. The van der Waals surface area contributed by atoms with Crippen LogP contribution in [-0.2, 0) is 27.9 Å². The highest BCUT2D eigenvalue weighted by molar-refractivity contribution is 7.47. The maximum atomic E-state index is 12.8. The minimum Gasteiger partial charge on any atom is -0.457 e. The first kappa shape index (κ1) is 52.1.